The first kappa shape index (κ1) is 22.9. The van der Waals surface area contributed by atoms with E-state index in [2.05, 4.69) is 15.4 Å². The summed E-state index contributed by atoms with van der Waals surface area (Å²) in [6, 6.07) is 7.32. The van der Waals surface area contributed by atoms with E-state index in [4.69, 9.17) is 9.47 Å². The molecule has 1 aliphatic rings. The number of esters is 1. The van der Waals surface area contributed by atoms with Crippen LogP contribution < -0.4 is 15.4 Å². The number of benzene rings is 1. The highest BCUT2D eigenvalue weighted by atomic mass is 16.5. The Balaban J connectivity index is 1.53. The molecule has 0 saturated carbocycles. The highest BCUT2D eigenvalue weighted by Crippen LogP contribution is 2.13. The standard InChI is InChI=1S/C20H31N3O6/c1-27-19(25)7-4-16-2-5-18(6-3-16)29-15-17(24)14-21-8-9-22-20(26)23-10-12-28-13-11-23/h2-3,5-6,17,21,24H,4,7-15H2,1H3,(H,22,26)/t17-/m0/s1. The Kier molecular flexibility index (Phi) is 10.3. The molecule has 2 amide bonds. The number of nitrogens with one attached hydrogen (secondary N) is 2. The van der Waals surface area contributed by atoms with Crippen LogP contribution in [0.25, 0.3) is 0 Å². The average molecular weight is 409 g/mol. The van der Waals surface area contributed by atoms with Crippen LogP contribution in [0.4, 0.5) is 4.79 Å². The molecular formula is C20H31N3O6. The normalized spacial score (nSPS) is 14.9. The zero-order valence-corrected chi connectivity index (χ0v) is 16.9. The van der Waals surface area contributed by atoms with Crippen molar-refractivity contribution in [1.82, 2.24) is 15.5 Å². The van der Waals surface area contributed by atoms with Crippen molar-refractivity contribution in [3.63, 3.8) is 0 Å². The molecule has 9 heteroatoms. The van der Waals surface area contributed by atoms with Crippen molar-refractivity contribution >= 4 is 12.0 Å². The van der Waals surface area contributed by atoms with Crippen molar-refractivity contribution in [2.75, 3.05) is 59.7 Å². The number of rotatable bonds is 11. The predicted octanol–water partition coefficient (Wildman–Crippen LogP) is 0.163. The predicted molar refractivity (Wildman–Crippen MR) is 107 cm³/mol. The number of aryl methyl sites for hydroxylation is 1. The number of nitrogens with zero attached hydrogens (tertiary/aromatic N) is 1. The fraction of sp³-hybridized carbons (Fsp3) is 0.600. The van der Waals surface area contributed by atoms with Crippen LogP contribution in [-0.2, 0) is 20.7 Å². The molecule has 0 bridgehead atoms. The summed E-state index contributed by atoms with van der Waals surface area (Å²) in [5.74, 6) is 0.422. The maximum atomic E-state index is 11.9. The van der Waals surface area contributed by atoms with Gasteiger partial charge < -0.3 is 34.9 Å². The largest absolute Gasteiger partial charge is 0.491 e. The van der Waals surface area contributed by atoms with Gasteiger partial charge in [0.15, 0.2) is 0 Å². The van der Waals surface area contributed by atoms with Gasteiger partial charge in [0.25, 0.3) is 0 Å². The second-order valence-electron chi connectivity index (χ2n) is 6.72. The van der Waals surface area contributed by atoms with Crippen LogP contribution in [0.5, 0.6) is 5.75 Å². The average Bonchev–Trinajstić information content (AvgIpc) is 2.76. The van der Waals surface area contributed by atoms with E-state index >= 15 is 0 Å². The highest BCUT2D eigenvalue weighted by Gasteiger charge is 2.15. The number of hydrogen-bond acceptors (Lipinski definition) is 7. The molecule has 29 heavy (non-hydrogen) atoms. The Bertz CT molecular complexity index is 619. The number of carbonyl (C=O) groups excluding carboxylic acids is 2. The zero-order valence-electron chi connectivity index (χ0n) is 16.9. The van der Waals surface area contributed by atoms with Crippen molar-refractivity contribution in [3.8, 4) is 5.75 Å². The van der Waals surface area contributed by atoms with E-state index in [9.17, 15) is 14.7 Å². The van der Waals surface area contributed by atoms with E-state index in [1.165, 1.54) is 7.11 Å². The van der Waals surface area contributed by atoms with Gasteiger partial charge >= 0.3 is 12.0 Å². The van der Waals surface area contributed by atoms with Crippen molar-refractivity contribution in [2.45, 2.75) is 18.9 Å². The van der Waals surface area contributed by atoms with Gasteiger partial charge in [-0.05, 0) is 24.1 Å². The van der Waals surface area contributed by atoms with Gasteiger partial charge in [0.05, 0.1) is 20.3 Å². The summed E-state index contributed by atoms with van der Waals surface area (Å²) in [6.07, 6.45) is 0.291. The molecule has 1 fully saturated rings. The van der Waals surface area contributed by atoms with Crippen molar-refractivity contribution in [2.24, 2.45) is 0 Å². The molecule has 162 valence electrons. The van der Waals surface area contributed by atoms with Crippen LogP contribution >= 0.6 is 0 Å². The molecule has 1 saturated heterocycles. The number of carbonyl (C=O) groups is 2. The van der Waals surface area contributed by atoms with Gasteiger partial charge in [-0.15, -0.1) is 0 Å². The minimum absolute atomic E-state index is 0.0889. The summed E-state index contributed by atoms with van der Waals surface area (Å²) < 4.78 is 15.4. The molecule has 1 heterocycles. The van der Waals surface area contributed by atoms with Gasteiger partial charge in [0.2, 0.25) is 0 Å². The number of methoxy groups -OCH3 is 1. The molecule has 0 aliphatic carbocycles. The molecular weight excluding hydrogens is 378 g/mol. The molecule has 0 aromatic heterocycles. The Morgan fingerprint density at radius 1 is 1.21 bits per heavy atom. The van der Waals surface area contributed by atoms with Gasteiger partial charge in [-0.3, -0.25) is 4.79 Å². The molecule has 1 aliphatic heterocycles. The molecule has 3 N–H and O–H groups in total. The second-order valence-corrected chi connectivity index (χ2v) is 6.72. The quantitative estimate of drug-likeness (QED) is 0.353. The molecule has 0 spiro atoms. The number of aliphatic hydroxyl groups is 1. The van der Waals surface area contributed by atoms with Crippen molar-refractivity contribution < 1.29 is 28.9 Å². The monoisotopic (exact) mass is 409 g/mol. The summed E-state index contributed by atoms with van der Waals surface area (Å²) in [5.41, 5.74) is 1.02. The highest BCUT2D eigenvalue weighted by molar-refractivity contribution is 5.74. The van der Waals surface area contributed by atoms with Gasteiger partial charge in [0, 0.05) is 39.1 Å². The van der Waals surface area contributed by atoms with Gasteiger partial charge in [-0.25, -0.2) is 4.79 Å². The lowest BCUT2D eigenvalue weighted by Gasteiger charge is -2.27. The molecule has 2 rings (SSSR count). The number of morpholine rings is 1. The van der Waals surface area contributed by atoms with E-state index < -0.39 is 6.10 Å². The SMILES string of the molecule is COC(=O)CCc1ccc(OC[C@@H](O)CNCCNC(=O)N2CCOCC2)cc1. The van der Waals surface area contributed by atoms with E-state index in [1.54, 1.807) is 4.90 Å². The van der Waals surface area contributed by atoms with Crippen molar-refractivity contribution in [3.05, 3.63) is 29.8 Å². The summed E-state index contributed by atoms with van der Waals surface area (Å²) in [4.78, 5) is 24.8. The van der Waals surface area contributed by atoms with Gasteiger partial charge in [0.1, 0.15) is 18.5 Å². The number of aliphatic hydroxyl groups excluding tert-OH is 1. The van der Waals surface area contributed by atoms with Crippen LogP contribution in [0.2, 0.25) is 0 Å². The first-order valence-corrected chi connectivity index (χ1v) is 9.86. The first-order valence-electron chi connectivity index (χ1n) is 9.86. The third kappa shape index (κ3) is 9.12. The maximum absolute atomic E-state index is 11.9. The van der Waals surface area contributed by atoms with Gasteiger partial charge in [-0.1, -0.05) is 12.1 Å². The second kappa shape index (κ2) is 13.0. The number of amides is 2. The lowest BCUT2D eigenvalue weighted by molar-refractivity contribution is -0.140. The molecule has 0 unspecified atom stereocenters. The van der Waals surface area contributed by atoms with E-state index in [1.807, 2.05) is 24.3 Å². The molecule has 1 aromatic carbocycles. The zero-order chi connectivity index (χ0) is 20.9. The van der Waals surface area contributed by atoms with Crippen molar-refractivity contribution in [1.29, 1.82) is 0 Å². The van der Waals surface area contributed by atoms with E-state index in [0.29, 0.717) is 64.5 Å². The lowest BCUT2D eigenvalue weighted by Crippen LogP contribution is -2.47. The number of ether oxygens (including phenoxy) is 3. The molecule has 0 radical (unpaired) electrons. The molecule has 9 nitrogen and oxygen atoms in total. The first-order chi connectivity index (χ1) is 14.1. The van der Waals surface area contributed by atoms with Crippen LogP contribution in [0.1, 0.15) is 12.0 Å². The number of hydrogen-bond donors (Lipinski definition) is 3. The minimum Gasteiger partial charge on any atom is -0.491 e. The van der Waals surface area contributed by atoms with Crippen LogP contribution in [0.3, 0.4) is 0 Å². The molecule has 1 atom stereocenters. The third-order valence-corrected chi connectivity index (χ3v) is 4.47. The smallest absolute Gasteiger partial charge is 0.317 e. The lowest BCUT2D eigenvalue weighted by atomic mass is 10.1. The summed E-state index contributed by atoms with van der Waals surface area (Å²) >= 11 is 0. The fourth-order valence-corrected chi connectivity index (χ4v) is 2.76. The maximum Gasteiger partial charge on any atom is 0.317 e. The Labute approximate surface area is 171 Å². The number of urea groups is 1. The van der Waals surface area contributed by atoms with Gasteiger partial charge in [-0.2, -0.15) is 0 Å². The van der Waals surface area contributed by atoms with Crippen LogP contribution in [-0.4, -0.2) is 87.8 Å². The van der Waals surface area contributed by atoms with E-state index in [-0.39, 0.29) is 18.6 Å². The summed E-state index contributed by atoms with van der Waals surface area (Å²) in [6.45, 7) is 3.95. The third-order valence-electron chi connectivity index (χ3n) is 4.47. The Morgan fingerprint density at radius 2 is 1.93 bits per heavy atom. The Morgan fingerprint density at radius 3 is 2.62 bits per heavy atom. The van der Waals surface area contributed by atoms with Crippen LogP contribution in [0.15, 0.2) is 24.3 Å². The minimum atomic E-state index is -0.663. The summed E-state index contributed by atoms with van der Waals surface area (Å²) in [5, 5.41) is 15.9. The van der Waals surface area contributed by atoms with Crippen LogP contribution in [0, 0.1) is 0 Å². The summed E-state index contributed by atoms with van der Waals surface area (Å²) in [7, 11) is 1.38. The Hall–Kier alpha value is -2.36. The van der Waals surface area contributed by atoms with E-state index in [0.717, 1.165) is 5.56 Å². The fourth-order valence-electron chi connectivity index (χ4n) is 2.76. The molecule has 1 aromatic rings. The topological polar surface area (TPSA) is 109 Å².